The third kappa shape index (κ3) is 6.98. The Kier molecular flexibility index (Phi) is 9.44. The molecule has 1 fully saturated rings. The molecule has 32 heavy (non-hydrogen) atoms. The molecule has 3 rings (SSSR count). The van der Waals surface area contributed by atoms with Crippen LogP contribution in [0.25, 0.3) is 0 Å². The average Bonchev–Trinajstić information content (AvgIpc) is 2.81. The maximum absolute atomic E-state index is 10.4. The van der Waals surface area contributed by atoms with Gasteiger partial charge in [-0.1, -0.05) is 23.7 Å². The number of β-amino-alcohol motifs (C(OH)–C–C–N with tert-alkyl or cyclic N) is 1. The van der Waals surface area contributed by atoms with Crippen LogP contribution in [0.1, 0.15) is 11.1 Å². The van der Waals surface area contributed by atoms with Crippen molar-refractivity contribution in [3.63, 3.8) is 0 Å². The highest BCUT2D eigenvalue weighted by Gasteiger charge is 2.20. The van der Waals surface area contributed by atoms with Crippen LogP contribution in [0, 0.1) is 0 Å². The number of halogens is 1. The van der Waals surface area contributed by atoms with Crippen LogP contribution in [0.2, 0.25) is 5.02 Å². The molecule has 0 radical (unpaired) electrons. The summed E-state index contributed by atoms with van der Waals surface area (Å²) < 4.78 is 21.8. The van der Waals surface area contributed by atoms with Crippen molar-refractivity contribution in [2.45, 2.75) is 19.3 Å². The predicted octanol–water partition coefficient (Wildman–Crippen LogP) is 3.06. The lowest BCUT2D eigenvalue weighted by molar-refractivity contribution is 0.000808. The number of ether oxygens (including phenoxy) is 4. The molecule has 1 aliphatic rings. The molecule has 1 atom stereocenters. The molecule has 7 nitrogen and oxygen atoms in total. The van der Waals surface area contributed by atoms with Gasteiger partial charge in [-0.25, -0.2) is 0 Å². The van der Waals surface area contributed by atoms with Gasteiger partial charge in [0.2, 0.25) is 5.75 Å². The van der Waals surface area contributed by atoms with E-state index in [9.17, 15) is 5.11 Å². The van der Waals surface area contributed by atoms with Gasteiger partial charge in [0.05, 0.1) is 40.6 Å². The van der Waals surface area contributed by atoms with E-state index in [1.54, 1.807) is 21.3 Å². The zero-order valence-corrected chi connectivity index (χ0v) is 19.8. The summed E-state index contributed by atoms with van der Waals surface area (Å²) in [5, 5.41) is 11.2. The van der Waals surface area contributed by atoms with Gasteiger partial charge in [-0.2, -0.15) is 0 Å². The highest BCUT2D eigenvalue weighted by molar-refractivity contribution is 6.30. The van der Waals surface area contributed by atoms with Crippen LogP contribution >= 0.6 is 11.6 Å². The van der Waals surface area contributed by atoms with Gasteiger partial charge in [0, 0.05) is 44.3 Å². The quantitative estimate of drug-likeness (QED) is 0.548. The maximum Gasteiger partial charge on any atom is 0.203 e. The van der Waals surface area contributed by atoms with E-state index >= 15 is 0 Å². The summed E-state index contributed by atoms with van der Waals surface area (Å²) in [5.41, 5.74) is 2.16. The third-order valence-corrected chi connectivity index (χ3v) is 5.81. The van der Waals surface area contributed by atoms with Gasteiger partial charge in [-0.05, 0) is 35.4 Å². The van der Waals surface area contributed by atoms with Crippen molar-refractivity contribution in [2.24, 2.45) is 0 Å². The van der Waals surface area contributed by atoms with Crippen LogP contribution in [0.4, 0.5) is 0 Å². The normalized spacial score (nSPS) is 16.0. The highest BCUT2D eigenvalue weighted by Crippen LogP contribution is 2.38. The number of aliphatic hydroxyl groups excluding tert-OH is 1. The van der Waals surface area contributed by atoms with Gasteiger partial charge in [0.25, 0.3) is 0 Å². The third-order valence-electron chi connectivity index (χ3n) is 5.56. The number of methoxy groups -OCH3 is 3. The molecule has 2 aromatic rings. The Labute approximate surface area is 195 Å². The van der Waals surface area contributed by atoms with E-state index in [2.05, 4.69) is 21.9 Å². The Hall–Kier alpha value is -2.03. The number of hydrogen-bond acceptors (Lipinski definition) is 7. The zero-order valence-electron chi connectivity index (χ0n) is 19.1. The first-order valence-corrected chi connectivity index (χ1v) is 11.1. The molecule has 0 bridgehead atoms. The van der Waals surface area contributed by atoms with Crippen molar-refractivity contribution in [2.75, 3.05) is 60.7 Å². The minimum absolute atomic E-state index is 0.266. The standard InChI is InChI=1S/C24H33ClN2O5/c1-29-22-12-19(13-23(30-2)24(22)31-3)16-32-17-21(28)15-27-10-8-26(9-11-27)14-18-4-6-20(25)7-5-18/h4-7,12-13,21,28H,8-11,14-17H2,1-3H3/t21-/m0/s1. The van der Waals surface area contributed by atoms with Gasteiger partial charge in [0.1, 0.15) is 0 Å². The van der Waals surface area contributed by atoms with Gasteiger partial charge >= 0.3 is 0 Å². The smallest absolute Gasteiger partial charge is 0.203 e. The van der Waals surface area contributed by atoms with Crippen LogP contribution in [-0.2, 0) is 17.9 Å². The molecule has 0 aliphatic carbocycles. The summed E-state index contributed by atoms with van der Waals surface area (Å²) in [6.45, 7) is 5.94. The maximum atomic E-state index is 10.4. The summed E-state index contributed by atoms with van der Waals surface area (Å²) in [5.74, 6) is 1.72. The Morgan fingerprint density at radius 1 is 0.875 bits per heavy atom. The summed E-state index contributed by atoms with van der Waals surface area (Å²) >= 11 is 5.96. The molecular weight excluding hydrogens is 432 g/mol. The van der Waals surface area contributed by atoms with Crippen LogP contribution in [0.15, 0.2) is 36.4 Å². The van der Waals surface area contributed by atoms with E-state index in [0.29, 0.717) is 30.4 Å². The Morgan fingerprint density at radius 3 is 2.03 bits per heavy atom. The van der Waals surface area contributed by atoms with Crippen molar-refractivity contribution >= 4 is 11.6 Å². The van der Waals surface area contributed by atoms with E-state index in [1.165, 1.54) is 5.56 Å². The van der Waals surface area contributed by atoms with E-state index in [4.69, 9.17) is 30.5 Å². The van der Waals surface area contributed by atoms with Gasteiger partial charge in [-0.3, -0.25) is 9.80 Å². The van der Waals surface area contributed by atoms with Crippen LogP contribution in [-0.4, -0.2) is 81.7 Å². The van der Waals surface area contributed by atoms with Crippen molar-refractivity contribution in [1.82, 2.24) is 9.80 Å². The number of piperazine rings is 1. The lowest BCUT2D eigenvalue weighted by Crippen LogP contribution is -2.48. The Balaban J connectivity index is 1.39. The van der Waals surface area contributed by atoms with Crippen LogP contribution in [0.5, 0.6) is 17.2 Å². The number of hydrogen-bond donors (Lipinski definition) is 1. The van der Waals surface area contributed by atoms with Gasteiger partial charge in [0.15, 0.2) is 11.5 Å². The Bertz CT molecular complexity index is 816. The second-order valence-electron chi connectivity index (χ2n) is 7.91. The molecule has 1 aliphatic heterocycles. The fraction of sp³-hybridized carbons (Fsp3) is 0.500. The van der Waals surface area contributed by atoms with E-state index in [0.717, 1.165) is 43.3 Å². The molecule has 0 aromatic heterocycles. The first-order chi connectivity index (χ1) is 15.5. The lowest BCUT2D eigenvalue weighted by Gasteiger charge is -2.35. The fourth-order valence-electron chi connectivity index (χ4n) is 3.86. The van der Waals surface area contributed by atoms with Crippen LogP contribution < -0.4 is 14.2 Å². The summed E-state index contributed by atoms with van der Waals surface area (Å²) in [6.07, 6.45) is -0.542. The minimum atomic E-state index is -0.542. The number of benzene rings is 2. The molecule has 8 heteroatoms. The largest absolute Gasteiger partial charge is 0.493 e. The number of aliphatic hydroxyl groups is 1. The van der Waals surface area contributed by atoms with Gasteiger partial charge in [-0.15, -0.1) is 0 Å². The molecule has 0 amide bonds. The summed E-state index contributed by atoms with van der Waals surface area (Å²) in [7, 11) is 4.74. The lowest BCUT2D eigenvalue weighted by atomic mass is 10.2. The van der Waals surface area contributed by atoms with Crippen molar-refractivity contribution in [1.29, 1.82) is 0 Å². The second-order valence-corrected chi connectivity index (χ2v) is 8.34. The average molecular weight is 465 g/mol. The van der Waals surface area contributed by atoms with E-state index < -0.39 is 6.10 Å². The molecular formula is C24H33ClN2O5. The van der Waals surface area contributed by atoms with Gasteiger partial charge < -0.3 is 24.1 Å². The zero-order chi connectivity index (χ0) is 22.9. The molecule has 2 aromatic carbocycles. The van der Waals surface area contributed by atoms with Crippen LogP contribution in [0.3, 0.4) is 0 Å². The molecule has 1 N–H and O–H groups in total. The summed E-state index contributed by atoms with van der Waals surface area (Å²) in [6, 6.07) is 11.7. The molecule has 0 spiro atoms. The van der Waals surface area contributed by atoms with Crippen molar-refractivity contribution in [3.05, 3.63) is 52.5 Å². The molecule has 1 saturated heterocycles. The van der Waals surface area contributed by atoms with Crippen molar-refractivity contribution in [3.8, 4) is 17.2 Å². The van der Waals surface area contributed by atoms with E-state index in [1.807, 2.05) is 24.3 Å². The molecule has 176 valence electrons. The first kappa shape index (κ1) is 24.6. The minimum Gasteiger partial charge on any atom is -0.493 e. The monoisotopic (exact) mass is 464 g/mol. The highest BCUT2D eigenvalue weighted by atomic mass is 35.5. The first-order valence-electron chi connectivity index (χ1n) is 10.8. The SMILES string of the molecule is COc1cc(COC[C@@H](O)CN2CCN(Cc3ccc(Cl)cc3)CC2)cc(OC)c1OC. The van der Waals surface area contributed by atoms with E-state index in [-0.39, 0.29) is 6.61 Å². The van der Waals surface area contributed by atoms with Crippen molar-refractivity contribution < 1.29 is 24.1 Å². The second kappa shape index (κ2) is 12.3. The topological polar surface area (TPSA) is 63.6 Å². The predicted molar refractivity (Wildman–Crippen MR) is 125 cm³/mol. The molecule has 0 saturated carbocycles. The number of nitrogens with zero attached hydrogens (tertiary/aromatic N) is 2. The fourth-order valence-corrected chi connectivity index (χ4v) is 3.99. The summed E-state index contributed by atoms with van der Waals surface area (Å²) in [4.78, 5) is 4.71. The molecule has 1 heterocycles. The Morgan fingerprint density at radius 2 is 1.47 bits per heavy atom. The number of rotatable bonds is 11. The molecule has 0 unspecified atom stereocenters.